The second-order valence-electron chi connectivity index (χ2n) is 9.38. The zero-order valence-electron chi connectivity index (χ0n) is 20.9. The van der Waals surface area contributed by atoms with E-state index in [-0.39, 0.29) is 5.56 Å². The van der Waals surface area contributed by atoms with Gasteiger partial charge in [0.05, 0.1) is 23.7 Å². The van der Waals surface area contributed by atoms with Gasteiger partial charge in [0.25, 0.3) is 5.56 Å². The highest BCUT2D eigenvalue weighted by atomic mass is 79.9. The van der Waals surface area contributed by atoms with Crippen molar-refractivity contribution >= 4 is 64.9 Å². The second-order valence-corrected chi connectivity index (χ2v) is 12.1. The molecule has 0 bridgehead atoms. The van der Waals surface area contributed by atoms with Gasteiger partial charge >= 0.3 is 0 Å². The number of hydrogen-bond acceptors (Lipinski definition) is 5. The van der Waals surface area contributed by atoms with E-state index >= 15 is 0 Å². The second kappa shape index (κ2) is 11.5. The minimum absolute atomic E-state index is 0.233. The third-order valence-corrected chi connectivity index (χ3v) is 7.17. The van der Waals surface area contributed by atoms with Gasteiger partial charge in [0.1, 0.15) is 12.4 Å². The van der Waals surface area contributed by atoms with Crippen molar-refractivity contribution in [1.29, 1.82) is 0 Å². The topological polar surface area (TPSA) is 65.7 Å². The Hall–Kier alpha value is -2.49. The van der Waals surface area contributed by atoms with E-state index in [1.807, 2.05) is 76.2 Å². The van der Waals surface area contributed by atoms with Gasteiger partial charge in [-0.25, -0.2) is 4.98 Å². The predicted octanol–water partition coefficient (Wildman–Crippen LogP) is 7.84. The van der Waals surface area contributed by atoms with Gasteiger partial charge in [-0.3, -0.25) is 4.79 Å². The SMILES string of the molecule is CCOc1cc(C=Nn2c(C(C)(C)C)nc3ccc(Br)cc3c2=O)c(Br)cc1OCc1ccc(Br)cc1. The van der Waals surface area contributed by atoms with Crippen LogP contribution in [0.15, 0.2) is 77.9 Å². The van der Waals surface area contributed by atoms with Crippen molar-refractivity contribution in [3.63, 3.8) is 0 Å². The Balaban J connectivity index is 1.72. The monoisotopic (exact) mass is 689 g/mol. The fourth-order valence-electron chi connectivity index (χ4n) is 3.63. The number of nitrogens with zero attached hydrogens (tertiary/aromatic N) is 3. The molecule has 0 atom stereocenters. The largest absolute Gasteiger partial charge is 0.490 e. The number of halogens is 3. The Morgan fingerprint density at radius 2 is 1.62 bits per heavy atom. The highest BCUT2D eigenvalue weighted by molar-refractivity contribution is 9.11. The lowest BCUT2D eigenvalue weighted by Gasteiger charge is -2.21. The molecule has 9 heteroatoms. The molecule has 0 aliphatic rings. The van der Waals surface area contributed by atoms with Crippen molar-refractivity contribution < 1.29 is 9.47 Å². The molecule has 0 unspecified atom stereocenters. The average molecular weight is 692 g/mol. The van der Waals surface area contributed by atoms with Crippen LogP contribution in [0.2, 0.25) is 0 Å². The zero-order valence-corrected chi connectivity index (χ0v) is 25.6. The Labute approximate surface area is 241 Å². The first-order valence-corrected chi connectivity index (χ1v) is 14.1. The molecule has 0 aliphatic carbocycles. The lowest BCUT2D eigenvalue weighted by Crippen LogP contribution is -2.29. The summed E-state index contributed by atoms with van der Waals surface area (Å²) in [6, 6.07) is 17.1. The predicted molar refractivity (Wildman–Crippen MR) is 159 cm³/mol. The van der Waals surface area contributed by atoms with Gasteiger partial charge in [0, 0.05) is 24.4 Å². The highest BCUT2D eigenvalue weighted by Crippen LogP contribution is 2.34. The molecule has 0 saturated carbocycles. The van der Waals surface area contributed by atoms with E-state index in [9.17, 15) is 4.79 Å². The third kappa shape index (κ3) is 6.51. The molecule has 0 fully saturated rings. The van der Waals surface area contributed by atoms with Gasteiger partial charge < -0.3 is 9.47 Å². The van der Waals surface area contributed by atoms with E-state index in [1.165, 1.54) is 4.68 Å². The third-order valence-electron chi connectivity index (χ3n) is 5.46. The first-order chi connectivity index (χ1) is 17.6. The lowest BCUT2D eigenvalue weighted by molar-refractivity contribution is 0.269. The van der Waals surface area contributed by atoms with Crippen LogP contribution in [-0.2, 0) is 12.0 Å². The quantitative estimate of drug-likeness (QED) is 0.185. The van der Waals surface area contributed by atoms with Crippen molar-refractivity contribution in [1.82, 2.24) is 9.66 Å². The first kappa shape index (κ1) is 27.5. The summed E-state index contributed by atoms with van der Waals surface area (Å²) in [7, 11) is 0. The van der Waals surface area contributed by atoms with Gasteiger partial charge in [0.2, 0.25) is 0 Å². The molecule has 0 spiro atoms. The molecule has 4 rings (SSSR count). The van der Waals surface area contributed by atoms with Crippen molar-refractivity contribution in [2.24, 2.45) is 5.10 Å². The summed E-state index contributed by atoms with van der Waals surface area (Å²) in [4.78, 5) is 18.2. The van der Waals surface area contributed by atoms with E-state index in [0.717, 1.165) is 24.5 Å². The number of ether oxygens (including phenoxy) is 2. The standard InChI is InChI=1S/C28H26Br3N3O3/c1-5-36-24-12-18(22(31)14-25(24)37-16-17-6-8-19(29)9-7-17)15-32-34-26(35)21-13-20(30)10-11-23(21)33-27(34)28(2,3)4/h6-15H,5,16H2,1-4H3. The summed E-state index contributed by atoms with van der Waals surface area (Å²) in [6.07, 6.45) is 1.63. The van der Waals surface area contributed by atoms with Crippen molar-refractivity contribution in [2.45, 2.75) is 39.7 Å². The van der Waals surface area contributed by atoms with Crippen LogP contribution < -0.4 is 15.0 Å². The molecule has 0 aliphatic heterocycles. The van der Waals surface area contributed by atoms with Crippen LogP contribution in [0.4, 0.5) is 0 Å². The number of fused-ring (bicyclic) bond motifs is 1. The molecule has 0 N–H and O–H groups in total. The van der Waals surface area contributed by atoms with Crippen LogP contribution in [0.1, 0.15) is 44.6 Å². The van der Waals surface area contributed by atoms with E-state index in [4.69, 9.17) is 14.5 Å². The van der Waals surface area contributed by atoms with Crippen molar-refractivity contribution in [3.05, 3.63) is 95.3 Å². The normalized spacial score (nSPS) is 11.9. The molecule has 37 heavy (non-hydrogen) atoms. The molecule has 0 saturated heterocycles. The Morgan fingerprint density at radius 3 is 2.30 bits per heavy atom. The van der Waals surface area contributed by atoms with Gasteiger partial charge in [-0.2, -0.15) is 9.78 Å². The molecule has 6 nitrogen and oxygen atoms in total. The summed E-state index contributed by atoms with van der Waals surface area (Å²) >= 11 is 10.5. The maximum atomic E-state index is 13.4. The molecular weight excluding hydrogens is 666 g/mol. The van der Waals surface area contributed by atoms with Crippen LogP contribution in [0, 0.1) is 0 Å². The Bertz CT molecular complexity index is 1520. The van der Waals surface area contributed by atoms with Crippen molar-refractivity contribution in [2.75, 3.05) is 6.61 Å². The molecular formula is C28H26Br3N3O3. The Morgan fingerprint density at radius 1 is 0.946 bits per heavy atom. The highest BCUT2D eigenvalue weighted by Gasteiger charge is 2.23. The van der Waals surface area contributed by atoms with Gasteiger partial charge in [0.15, 0.2) is 11.5 Å². The lowest BCUT2D eigenvalue weighted by atomic mass is 9.95. The Kier molecular flexibility index (Phi) is 8.56. The maximum Gasteiger partial charge on any atom is 0.282 e. The summed E-state index contributed by atoms with van der Waals surface area (Å²) in [6.45, 7) is 8.81. The van der Waals surface area contributed by atoms with Crippen molar-refractivity contribution in [3.8, 4) is 11.5 Å². The van der Waals surface area contributed by atoms with E-state index in [1.54, 1.807) is 12.3 Å². The molecule has 0 amide bonds. The van der Waals surface area contributed by atoms with E-state index in [2.05, 4.69) is 52.9 Å². The molecule has 0 radical (unpaired) electrons. The van der Waals surface area contributed by atoms with E-state index in [0.29, 0.717) is 41.4 Å². The number of rotatable bonds is 7. The summed E-state index contributed by atoms with van der Waals surface area (Å²) in [5.41, 5.74) is 1.77. The van der Waals surface area contributed by atoms with Crippen LogP contribution in [0.3, 0.4) is 0 Å². The average Bonchev–Trinajstić information content (AvgIpc) is 2.84. The molecule has 4 aromatic rings. The summed E-state index contributed by atoms with van der Waals surface area (Å²) < 4.78 is 15.9. The molecule has 3 aromatic carbocycles. The smallest absolute Gasteiger partial charge is 0.282 e. The molecule has 1 aromatic heterocycles. The zero-order chi connectivity index (χ0) is 26.7. The van der Waals surface area contributed by atoms with Crippen LogP contribution in [-0.4, -0.2) is 22.5 Å². The first-order valence-electron chi connectivity index (χ1n) is 11.7. The van der Waals surface area contributed by atoms with Crippen LogP contribution >= 0.6 is 47.8 Å². The van der Waals surface area contributed by atoms with Gasteiger partial charge in [-0.1, -0.05) is 64.8 Å². The van der Waals surface area contributed by atoms with Crippen LogP contribution in [0.25, 0.3) is 10.9 Å². The van der Waals surface area contributed by atoms with Crippen LogP contribution in [0.5, 0.6) is 11.5 Å². The maximum absolute atomic E-state index is 13.4. The summed E-state index contributed by atoms with van der Waals surface area (Å²) in [5, 5.41) is 5.08. The molecule has 1 heterocycles. The number of hydrogen-bond donors (Lipinski definition) is 0. The minimum atomic E-state index is -0.407. The fourth-order valence-corrected chi connectivity index (χ4v) is 4.68. The number of benzene rings is 3. The number of aromatic nitrogens is 2. The van der Waals surface area contributed by atoms with E-state index < -0.39 is 5.41 Å². The molecule has 192 valence electrons. The fraction of sp³-hybridized carbons (Fsp3) is 0.250. The van der Waals surface area contributed by atoms with Gasteiger partial charge in [-0.15, -0.1) is 0 Å². The summed E-state index contributed by atoms with van der Waals surface area (Å²) in [5.74, 6) is 1.77. The van der Waals surface area contributed by atoms with Gasteiger partial charge in [-0.05, 0) is 70.9 Å². The minimum Gasteiger partial charge on any atom is -0.490 e.